The standard InChI is InChI=1S/C54H71N9O8/c1-4-11-43(5-2)40-57-54(66)53(51-26-30-62(60-51)47-12-7-6-8-13-47)63(48-19-20-48)52(65)25-16-44-14-21-49(22-15-44)70-32-10-9-29-61(3)31-35-69-37-36-67-33-27-46(59-55)41-56-28-34-68-38-39-71-50-23-17-45(18-24-50)58-42-64/h4-8,11-15,17-18,21-24,26,30,41-42,48,53H,1-2,9-10,16,19-20,25,27-29,31-40,55H2,3H3,(H,57,66)(H,58,64)/b43-11+,56-41?,59-46-. The summed E-state index contributed by atoms with van der Waals surface area (Å²) in [6.45, 7) is 14.0. The molecule has 1 atom stereocenters. The van der Waals surface area contributed by atoms with Crippen molar-refractivity contribution in [2.24, 2.45) is 15.9 Å². The van der Waals surface area contributed by atoms with E-state index in [4.69, 9.17) is 34.6 Å². The summed E-state index contributed by atoms with van der Waals surface area (Å²) < 4.78 is 30.4. The first-order chi connectivity index (χ1) is 34.8. The van der Waals surface area contributed by atoms with E-state index in [0.29, 0.717) is 101 Å². The maximum Gasteiger partial charge on any atom is 0.249 e. The summed E-state index contributed by atoms with van der Waals surface area (Å²) in [7, 11) is 2.08. The SMILES string of the molecule is C=C/C=C(\C=C)CNC(=O)C(c1ccn(-c2ccccc2)n1)N(C(=O)CCc1ccc(OCCCCN(C)CCOCCOCC/C(C=NCCOCCOc2ccc(NC=O)cc2)=N/N)cc1)C1CC1. The molecule has 1 aliphatic rings. The Kier molecular flexibility index (Phi) is 24.8. The molecule has 380 valence electrons. The molecule has 0 aliphatic heterocycles. The number of hydrazone groups is 1. The zero-order valence-electron chi connectivity index (χ0n) is 41.1. The van der Waals surface area contributed by atoms with Crippen molar-refractivity contribution in [2.75, 3.05) is 91.4 Å². The first-order valence-corrected chi connectivity index (χ1v) is 24.3. The molecule has 0 spiro atoms. The van der Waals surface area contributed by atoms with Crippen LogP contribution in [0.1, 0.15) is 55.8 Å². The highest BCUT2D eigenvalue weighted by Gasteiger charge is 2.42. The minimum absolute atomic E-state index is 0.0303. The second kappa shape index (κ2) is 32.1. The molecule has 1 saturated carbocycles. The van der Waals surface area contributed by atoms with Crippen LogP contribution in [0.15, 0.2) is 138 Å². The predicted molar refractivity (Wildman–Crippen MR) is 278 cm³/mol. The summed E-state index contributed by atoms with van der Waals surface area (Å²) in [5.74, 6) is 6.63. The third-order valence-electron chi connectivity index (χ3n) is 11.3. The largest absolute Gasteiger partial charge is 0.494 e. The fourth-order valence-electron chi connectivity index (χ4n) is 7.28. The quantitative estimate of drug-likeness (QED) is 0.0111. The number of unbranched alkanes of at least 4 members (excludes halogenated alkanes) is 1. The summed E-state index contributed by atoms with van der Waals surface area (Å²) in [6, 6.07) is 25.6. The zero-order chi connectivity index (χ0) is 50.3. The van der Waals surface area contributed by atoms with Gasteiger partial charge in [0, 0.05) is 50.1 Å². The number of likely N-dealkylation sites (N-methyl/N-ethyl adjacent to an activating group) is 1. The van der Waals surface area contributed by atoms with Crippen LogP contribution in [-0.4, -0.2) is 142 Å². The number of carbonyl (C=O) groups is 3. The Morgan fingerprint density at radius 1 is 0.845 bits per heavy atom. The molecule has 4 aromatic rings. The van der Waals surface area contributed by atoms with Gasteiger partial charge in [-0.3, -0.25) is 19.4 Å². The Morgan fingerprint density at radius 3 is 2.25 bits per heavy atom. The summed E-state index contributed by atoms with van der Waals surface area (Å²) in [4.78, 5) is 46.8. The third-order valence-corrected chi connectivity index (χ3v) is 11.3. The zero-order valence-corrected chi connectivity index (χ0v) is 41.1. The minimum Gasteiger partial charge on any atom is -0.494 e. The third kappa shape index (κ3) is 20.5. The Bertz CT molecular complexity index is 2300. The van der Waals surface area contributed by atoms with Crippen molar-refractivity contribution in [2.45, 2.75) is 57.0 Å². The van der Waals surface area contributed by atoms with E-state index >= 15 is 0 Å². The first-order valence-electron chi connectivity index (χ1n) is 24.3. The van der Waals surface area contributed by atoms with Crippen LogP contribution in [0, 0.1) is 0 Å². The highest BCUT2D eigenvalue weighted by Crippen LogP contribution is 2.35. The second-order valence-corrected chi connectivity index (χ2v) is 16.7. The molecule has 0 radical (unpaired) electrons. The number of allylic oxidation sites excluding steroid dienone is 2. The van der Waals surface area contributed by atoms with E-state index in [1.165, 1.54) is 0 Å². The van der Waals surface area contributed by atoms with Gasteiger partial charge >= 0.3 is 0 Å². The molecule has 17 heteroatoms. The lowest BCUT2D eigenvalue weighted by Crippen LogP contribution is -2.45. The van der Waals surface area contributed by atoms with E-state index in [1.54, 1.807) is 58.3 Å². The normalized spacial score (nSPS) is 13.2. The van der Waals surface area contributed by atoms with E-state index in [1.807, 2.05) is 66.9 Å². The van der Waals surface area contributed by atoms with Gasteiger partial charge in [0.05, 0.1) is 69.9 Å². The Morgan fingerprint density at radius 2 is 1.55 bits per heavy atom. The van der Waals surface area contributed by atoms with Gasteiger partial charge in [-0.25, -0.2) is 4.68 Å². The van der Waals surface area contributed by atoms with Crippen LogP contribution in [0.2, 0.25) is 0 Å². The molecule has 3 aromatic carbocycles. The average molecular weight is 974 g/mol. The summed E-state index contributed by atoms with van der Waals surface area (Å²) in [5.41, 5.74) is 4.54. The Balaban J connectivity index is 0.905. The maximum absolute atomic E-state index is 14.1. The van der Waals surface area contributed by atoms with Crippen LogP contribution in [0.3, 0.4) is 0 Å². The number of anilines is 1. The van der Waals surface area contributed by atoms with Crippen molar-refractivity contribution >= 4 is 35.8 Å². The van der Waals surface area contributed by atoms with Gasteiger partial charge in [-0.1, -0.05) is 61.7 Å². The molecular weight excluding hydrogens is 903 g/mol. The number of aryl methyl sites for hydroxylation is 1. The van der Waals surface area contributed by atoms with Gasteiger partial charge in [0.2, 0.25) is 18.2 Å². The highest BCUT2D eigenvalue weighted by molar-refractivity contribution is 6.30. The lowest BCUT2D eigenvalue weighted by molar-refractivity contribution is -0.141. The molecule has 1 aromatic heterocycles. The highest BCUT2D eigenvalue weighted by atomic mass is 16.5. The van der Waals surface area contributed by atoms with Crippen molar-refractivity contribution in [1.82, 2.24) is 24.9 Å². The van der Waals surface area contributed by atoms with Gasteiger partial charge in [0.25, 0.3) is 0 Å². The molecule has 5 rings (SSSR count). The number of hydrogen-bond acceptors (Lipinski definition) is 13. The lowest BCUT2D eigenvalue weighted by Gasteiger charge is -2.30. The fraction of sp³-hybridized carbons (Fsp3) is 0.407. The van der Waals surface area contributed by atoms with Crippen molar-refractivity contribution in [1.29, 1.82) is 0 Å². The number of carbonyl (C=O) groups excluding carboxylic acids is 3. The molecule has 1 aliphatic carbocycles. The molecule has 0 saturated heterocycles. The topological polar surface area (TPSA) is 196 Å². The van der Waals surface area contributed by atoms with Gasteiger partial charge in [-0.2, -0.15) is 10.2 Å². The molecule has 1 fully saturated rings. The molecule has 3 amide bonds. The number of benzene rings is 3. The maximum atomic E-state index is 14.1. The van der Waals surface area contributed by atoms with Crippen molar-refractivity contribution < 1.29 is 38.1 Å². The number of nitrogens with one attached hydrogen (secondary N) is 2. The van der Waals surface area contributed by atoms with Crippen molar-refractivity contribution in [3.8, 4) is 17.2 Å². The lowest BCUT2D eigenvalue weighted by atomic mass is 10.1. The van der Waals surface area contributed by atoms with Gasteiger partial charge in [-0.15, -0.1) is 0 Å². The predicted octanol–water partition coefficient (Wildman–Crippen LogP) is 6.52. The van der Waals surface area contributed by atoms with E-state index < -0.39 is 6.04 Å². The van der Waals surface area contributed by atoms with Gasteiger partial charge in [0.1, 0.15) is 18.1 Å². The Labute approximate surface area is 418 Å². The van der Waals surface area contributed by atoms with Crippen LogP contribution in [-0.2, 0) is 35.0 Å². The molecule has 0 bridgehead atoms. The smallest absolute Gasteiger partial charge is 0.249 e. The van der Waals surface area contributed by atoms with E-state index in [9.17, 15) is 14.4 Å². The molecule has 1 unspecified atom stereocenters. The first kappa shape index (κ1) is 55.0. The van der Waals surface area contributed by atoms with Crippen molar-refractivity contribution in [3.63, 3.8) is 0 Å². The number of rotatable bonds is 37. The van der Waals surface area contributed by atoms with E-state index in [0.717, 1.165) is 61.3 Å². The number of nitrogens with zero attached hydrogens (tertiary/aromatic N) is 6. The van der Waals surface area contributed by atoms with E-state index in [-0.39, 0.29) is 30.8 Å². The minimum atomic E-state index is -0.885. The number of amides is 3. The summed E-state index contributed by atoms with van der Waals surface area (Å²) in [6.07, 6.45) is 14.1. The average Bonchev–Trinajstić information content (AvgIpc) is 4.12. The van der Waals surface area contributed by atoms with Gasteiger partial charge in [0.15, 0.2) is 6.04 Å². The van der Waals surface area contributed by atoms with Gasteiger partial charge in [-0.05, 0) is 111 Å². The van der Waals surface area contributed by atoms with Gasteiger partial charge < -0.3 is 50.0 Å². The molecule has 4 N–H and O–H groups in total. The number of hydrogen-bond donors (Lipinski definition) is 3. The van der Waals surface area contributed by atoms with Crippen molar-refractivity contribution in [3.05, 3.63) is 139 Å². The number of ether oxygens (including phenoxy) is 5. The van der Waals surface area contributed by atoms with E-state index in [2.05, 4.69) is 45.8 Å². The second-order valence-electron chi connectivity index (χ2n) is 16.7. The van der Waals surface area contributed by atoms with Crippen LogP contribution in [0.5, 0.6) is 11.5 Å². The van der Waals surface area contributed by atoms with Crippen LogP contribution >= 0.6 is 0 Å². The number of para-hydroxylation sites is 1. The Hall–Kier alpha value is -6.92. The van der Waals surface area contributed by atoms with Crippen LogP contribution < -0.4 is 25.9 Å². The van der Waals surface area contributed by atoms with Crippen LogP contribution in [0.4, 0.5) is 5.69 Å². The monoisotopic (exact) mass is 974 g/mol. The molecule has 1 heterocycles. The van der Waals surface area contributed by atoms with Crippen LogP contribution in [0.25, 0.3) is 5.69 Å². The molecular formula is C54H71N9O8. The number of aromatic nitrogens is 2. The molecule has 17 nitrogen and oxygen atoms in total. The number of nitrogens with two attached hydrogens (primary N) is 1. The fourth-order valence-corrected chi connectivity index (χ4v) is 7.28. The molecule has 71 heavy (non-hydrogen) atoms. The summed E-state index contributed by atoms with van der Waals surface area (Å²) in [5, 5.41) is 14.2. The number of aliphatic imine (C=N–C) groups is 1. The summed E-state index contributed by atoms with van der Waals surface area (Å²) >= 11 is 0.